The highest BCUT2D eigenvalue weighted by Crippen LogP contribution is 2.13. The number of esters is 1. The van der Waals surface area contributed by atoms with Crippen molar-refractivity contribution < 1.29 is 23.9 Å². The average Bonchev–Trinajstić information content (AvgIpc) is 2.58. The number of hydrogen-bond donors (Lipinski definition) is 2. The molecule has 0 aromatic heterocycles. The molecule has 2 aromatic rings. The lowest BCUT2D eigenvalue weighted by Crippen LogP contribution is -2.21. The Labute approximate surface area is 144 Å². The van der Waals surface area contributed by atoms with Gasteiger partial charge in [0.1, 0.15) is 5.75 Å². The summed E-state index contributed by atoms with van der Waals surface area (Å²) < 4.78 is 10.1. The highest BCUT2D eigenvalue weighted by Gasteiger charge is 2.11. The maximum Gasteiger partial charge on any atom is 0.338 e. The second kappa shape index (κ2) is 8.49. The Kier molecular flexibility index (Phi) is 6.11. The smallest absolute Gasteiger partial charge is 0.338 e. The van der Waals surface area contributed by atoms with E-state index in [1.165, 1.54) is 24.3 Å². The molecule has 2 amide bonds. The zero-order chi connectivity index (χ0) is 18.2. The zero-order valence-corrected chi connectivity index (χ0v) is 13.7. The van der Waals surface area contributed by atoms with Crippen molar-refractivity contribution in [2.24, 2.45) is 5.73 Å². The van der Waals surface area contributed by atoms with Gasteiger partial charge in [-0.3, -0.25) is 9.59 Å². The molecule has 0 aliphatic carbocycles. The number of carbonyl (C=O) groups is 3. The summed E-state index contributed by atoms with van der Waals surface area (Å²) in [5.41, 5.74) is 6.88. The number of rotatable bonds is 7. The van der Waals surface area contributed by atoms with E-state index in [9.17, 15) is 14.4 Å². The molecule has 0 unspecified atom stereocenters. The number of primary amides is 1. The van der Waals surface area contributed by atoms with Gasteiger partial charge in [0.25, 0.3) is 11.8 Å². The van der Waals surface area contributed by atoms with Crippen molar-refractivity contribution in [3.8, 4) is 5.75 Å². The van der Waals surface area contributed by atoms with Crippen LogP contribution in [0.4, 0.5) is 5.69 Å². The summed E-state index contributed by atoms with van der Waals surface area (Å²) in [6, 6.07) is 13.2. The van der Waals surface area contributed by atoms with E-state index in [4.69, 9.17) is 15.2 Å². The first-order valence-electron chi connectivity index (χ1n) is 7.49. The fourth-order valence-electron chi connectivity index (χ4n) is 1.98. The second-order valence-electron chi connectivity index (χ2n) is 5.27. The van der Waals surface area contributed by atoms with Gasteiger partial charge in [-0.2, -0.15) is 0 Å². The number of anilines is 1. The topological polar surface area (TPSA) is 108 Å². The summed E-state index contributed by atoms with van der Waals surface area (Å²) in [7, 11) is 0. The molecular weight excluding hydrogens is 324 g/mol. The lowest BCUT2D eigenvalue weighted by atomic mass is 10.2. The summed E-state index contributed by atoms with van der Waals surface area (Å²) in [5, 5.41) is 2.65. The van der Waals surface area contributed by atoms with Crippen LogP contribution in [-0.4, -0.2) is 31.0 Å². The minimum absolute atomic E-state index is 0.247. The minimum Gasteiger partial charge on any atom is -0.484 e. The van der Waals surface area contributed by atoms with Gasteiger partial charge in [0.15, 0.2) is 13.2 Å². The van der Waals surface area contributed by atoms with Gasteiger partial charge in [-0.05, 0) is 48.9 Å². The first kappa shape index (κ1) is 18.0. The van der Waals surface area contributed by atoms with E-state index < -0.39 is 24.4 Å². The van der Waals surface area contributed by atoms with Crippen LogP contribution in [0.5, 0.6) is 5.75 Å². The molecule has 7 nitrogen and oxygen atoms in total. The molecule has 25 heavy (non-hydrogen) atoms. The second-order valence-corrected chi connectivity index (χ2v) is 5.27. The summed E-state index contributed by atoms with van der Waals surface area (Å²) >= 11 is 0. The Hall–Kier alpha value is -3.35. The van der Waals surface area contributed by atoms with Gasteiger partial charge < -0.3 is 20.5 Å². The third kappa shape index (κ3) is 5.98. The largest absolute Gasteiger partial charge is 0.484 e. The van der Waals surface area contributed by atoms with Gasteiger partial charge in [-0.25, -0.2) is 4.79 Å². The molecule has 0 saturated heterocycles. The molecule has 3 N–H and O–H groups in total. The van der Waals surface area contributed by atoms with E-state index in [0.29, 0.717) is 11.4 Å². The molecule has 0 spiro atoms. The predicted octanol–water partition coefficient (Wildman–Crippen LogP) is 1.65. The summed E-state index contributed by atoms with van der Waals surface area (Å²) in [6.45, 7) is 1.27. The molecule has 0 saturated carbocycles. The molecule has 0 aliphatic rings. The molecule has 0 aliphatic heterocycles. The molecule has 0 radical (unpaired) electrons. The molecule has 130 valence electrons. The molecule has 7 heteroatoms. The first-order chi connectivity index (χ1) is 11.9. The van der Waals surface area contributed by atoms with Gasteiger partial charge in [0.2, 0.25) is 0 Å². The Bertz CT molecular complexity index is 771. The van der Waals surface area contributed by atoms with E-state index >= 15 is 0 Å². The normalized spacial score (nSPS) is 9.96. The van der Waals surface area contributed by atoms with Crippen LogP contribution >= 0.6 is 0 Å². The van der Waals surface area contributed by atoms with Crippen molar-refractivity contribution in [2.45, 2.75) is 6.92 Å². The summed E-state index contributed by atoms with van der Waals surface area (Å²) in [4.78, 5) is 34.4. The maximum absolute atomic E-state index is 11.9. The highest BCUT2D eigenvalue weighted by atomic mass is 16.5. The van der Waals surface area contributed by atoms with E-state index in [2.05, 4.69) is 5.32 Å². The quantitative estimate of drug-likeness (QED) is 0.744. The number of aryl methyl sites for hydroxylation is 1. The van der Waals surface area contributed by atoms with Crippen LogP contribution in [0, 0.1) is 6.92 Å². The van der Waals surface area contributed by atoms with Crippen molar-refractivity contribution in [2.75, 3.05) is 18.5 Å². The van der Waals surface area contributed by atoms with Crippen LogP contribution in [0.1, 0.15) is 15.9 Å². The third-order valence-corrected chi connectivity index (χ3v) is 3.11. The van der Waals surface area contributed by atoms with Gasteiger partial charge in [0.05, 0.1) is 5.56 Å². The van der Waals surface area contributed by atoms with Crippen LogP contribution in [0.3, 0.4) is 0 Å². The number of nitrogens with two attached hydrogens (primary N) is 1. The highest BCUT2D eigenvalue weighted by molar-refractivity contribution is 5.95. The van der Waals surface area contributed by atoms with E-state index in [1.807, 2.05) is 25.1 Å². The van der Waals surface area contributed by atoms with Crippen molar-refractivity contribution in [3.63, 3.8) is 0 Å². The Balaban J connectivity index is 1.83. The van der Waals surface area contributed by atoms with Crippen LogP contribution in [-0.2, 0) is 14.3 Å². The molecule has 0 atom stereocenters. The Morgan fingerprint density at radius 2 is 1.76 bits per heavy atom. The van der Waals surface area contributed by atoms with Crippen molar-refractivity contribution in [1.29, 1.82) is 0 Å². The number of amides is 2. The number of ether oxygens (including phenoxy) is 2. The van der Waals surface area contributed by atoms with E-state index in [0.717, 1.165) is 5.56 Å². The lowest BCUT2D eigenvalue weighted by Gasteiger charge is -2.08. The zero-order valence-electron chi connectivity index (χ0n) is 13.7. The summed E-state index contributed by atoms with van der Waals surface area (Å²) in [6.07, 6.45) is 0. The molecule has 0 bridgehead atoms. The van der Waals surface area contributed by atoms with Crippen molar-refractivity contribution >= 4 is 23.5 Å². The minimum atomic E-state index is -0.638. The van der Waals surface area contributed by atoms with Crippen LogP contribution in [0.15, 0.2) is 48.5 Å². The molecule has 0 heterocycles. The first-order valence-corrected chi connectivity index (χ1v) is 7.49. The van der Waals surface area contributed by atoms with Gasteiger partial charge >= 0.3 is 5.97 Å². The standard InChI is InChI=1S/C18H18N2O5/c1-12-3-2-4-14(9-12)20-17(22)11-25-18(23)13-5-7-15(8-6-13)24-10-16(19)21/h2-9H,10-11H2,1H3,(H2,19,21)(H,20,22). The van der Waals surface area contributed by atoms with Crippen LogP contribution in [0.25, 0.3) is 0 Å². The SMILES string of the molecule is Cc1cccc(NC(=O)COC(=O)c2ccc(OCC(N)=O)cc2)c1. The van der Waals surface area contributed by atoms with E-state index in [1.54, 1.807) is 6.07 Å². The molecule has 2 rings (SSSR count). The average molecular weight is 342 g/mol. The Morgan fingerprint density at radius 1 is 1.04 bits per heavy atom. The maximum atomic E-state index is 11.9. The van der Waals surface area contributed by atoms with Gasteiger partial charge in [-0.15, -0.1) is 0 Å². The predicted molar refractivity (Wildman–Crippen MR) is 91.2 cm³/mol. The van der Waals surface area contributed by atoms with Crippen molar-refractivity contribution in [3.05, 3.63) is 59.7 Å². The monoisotopic (exact) mass is 342 g/mol. The number of carbonyl (C=O) groups excluding carboxylic acids is 3. The van der Waals surface area contributed by atoms with Crippen molar-refractivity contribution in [1.82, 2.24) is 0 Å². The fraction of sp³-hybridized carbons (Fsp3) is 0.167. The van der Waals surface area contributed by atoms with E-state index in [-0.39, 0.29) is 12.2 Å². The van der Waals surface area contributed by atoms with Crippen LogP contribution in [0.2, 0.25) is 0 Å². The fourth-order valence-corrected chi connectivity index (χ4v) is 1.98. The molecular formula is C18H18N2O5. The Morgan fingerprint density at radius 3 is 2.40 bits per heavy atom. The summed E-state index contributed by atoms with van der Waals surface area (Å²) in [5.74, 6) is -1.27. The number of nitrogens with one attached hydrogen (secondary N) is 1. The number of hydrogen-bond acceptors (Lipinski definition) is 5. The molecule has 2 aromatic carbocycles. The number of benzene rings is 2. The van der Waals surface area contributed by atoms with Gasteiger partial charge in [-0.1, -0.05) is 12.1 Å². The molecule has 0 fully saturated rings. The third-order valence-electron chi connectivity index (χ3n) is 3.11. The van der Waals surface area contributed by atoms with Gasteiger partial charge in [0, 0.05) is 5.69 Å². The van der Waals surface area contributed by atoms with Crippen LogP contribution < -0.4 is 15.8 Å². The lowest BCUT2D eigenvalue weighted by molar-refractivity contribution is -0.120.